The molecule has 2 aliphatic rings. The van der Waals surface area contributed by atoms with Gasteiger partial charge in [0.25, 0.3) is 0 Å². The van der Waals surface area contributed by atoms with E-state index in [-0.39, 0.29) is 53.0 Å². The Hall–Kier alpha value is -2.93. The number of carbonyl (C=O) groups is 2. The summed E-state index contributed by atoms with van der Waals surface area (Å²) in [6.45, 7) is 3.05. The number of carboxylic acid groups (broad SMARTS) is 1. The topological polar surface area (TPSA) is 109 Å². The van der Waals surface area contributed by atoms with Gasteiger partial charge in [0.05, 0.1) is 33.9 Å². The van der Waals surface area contributed by atoms with Crippen LogP contribution in [0.5, 0.6) is 0 Å². The fourth-order valence-electron chi connectivity index (χ4n) is 7.30. The maximum atomic E-state index is 12.5. The molecule has 3 atom stereocenters. The van der Waals surface area contributed by atoms with Crippen LogP contribution >= 0.6 is 39.1 Å². The van der Waals surface area contributed by atoms with Crippen molar-refractivity contribution >= 4 is 73.3 Å². The number of hydrogen-bond donors (Lipinski definition) is 1. The van der Waals surface area contributed by atoms with E-state index in [4.69, 9.17) is 32.7 Å². The maximum Gasteiger partial charge on any atom is 1.00 e. The number of benzene rings is 3. The molecule has 1 aliphatic carbocycles. The summed E-state index contributed by atoms with van der Waals surface area (Å²) in [5, 5.41) is 16.2. The zero-order chi connectivity index (χ0) is 35.7. The summed E-state index contributed by atoms with van der Waals surface area (Å²) in [5.74, 6) is -1.44. The van der Waals surface area contributed by atoms with E-state index in [2.05, 4.69) is 74.2 Å². The molecule has 0 bridgehead atoms. The molecule has 0 saturated carbocycles. The number of carbonyl (C=O) groups excluding carboxylic acids is 2. The van der Waals surface area contributed by atoms with E-state index >= 15 is 0 Å². The van der Waals surface area contributed by atoms with Crippen molar-refractivity contribution in [3.8, 4) is 0 Å². The second kappa shape index (κ2) is 16.4. The van der Waals surface area contributed by atoms with Crippen LogP contribution in [0.3, 0.4) is 0 Å². The SMILES string of the molecule is COC12CC(COC(=O)c3cncc(Br)c3)CN(C)C1Cc1cn(C)c3cccc2c13.Cc1ccc(Cl)c(Nc2ccccc2C(=O)[O-])c1Cl.[Na+]. The minimum atomic E-state index is -1.26. The molecule has 9 nitrogen and oxygen atoms in total. The summed E-state index contributed by atoms with van der Waals surface area (Å²) in [6, 6.07) is 18.4. The number of aromatic carboxylic acids is 1. The van der Waals surface area contributed by atoms with Crippen LogP contribution < -0.4 is 40.0 Å². The Morgan fingerprint density at radius 2 is 1.86 bits per heavy atom. The average molecular weight is 803 g/mol. The second-order valence-electron chi connectivity index (χ2n) is 12.8. The molecule has 13 heteroatoms. The van der Waals surface area contributed by atoms with E-state index in [1.54, 1.807) is 42.6 Å². The van der Waals surface area contributed by atoms with Gasteiger partial charge in [0.15, 0.2) is 0 Å². The van der Waals surface area contributed by atoms with Crippen molar-refractivity contribution < 1.29 is 53.7 Å². The first-order valence-corrected chi connectivity index (χ1v) is 17.6. The summed E-state index contributed by atoms with van der Waals surface area (Å²) < 4.78 is 15.0. The molecule has 0 spiro atoms. The van der Waals surface area contributed by atoms with E-state index in [9.17, 15) is 14.7 Å². The molecule has 5 aromatic rings. The number of carboxylic acids is 1. The first kappa shape index (κ1) is 39.3. The number of halogens is 3. The van der Waals surface area contributed by atoms with Crippen LogP contribution in [-0.4, -0.2) is 59.7 Å². The molecule has 7 rings (SSSR count). The van der Waals surface area contributed by atoms with Crippen LogP contribution in [0, 0.1) is 12.8 Å². The van der Waals surface area contributed by atoms with Crippen LogP contribution in [-0.2, 0) is 28.5 Å². The Kier molecular flexibility index (Phi) is 12.6. The average Bonchev–Trinajstić information content (AvgIpc) is 3.43. The molecule has 2 aromatic heterocycles. The third kappa shape index (κ3) is 7.89. The monoisotopic (exact) mass is 800 g/mol. The van der Waals surface area contributed by atoms with Crippen molar-refractivity contribution in [2.24, 2.45) is 13.0 Å². The quantitative estimate of drug-likeness (QED) is 0.192. The van der Waals surface area contributed by atoms with Gasteiger partial charge in [-0.2, -0.15) is 0 Å². The van der Waals surface area contributed by atoms with E-state index in [1.165, 1.54) is 34.3 Å². The normalized spacial score (nSPS) is 19.3. The zero-order valence-corrected chi connectivity index (χ0v) is 34.1. The van der Waals surface area contributed by atoms with Gasteiger partial charge in [-0.1, -0.05) is 59.6 Å². The van der Waals surface area contributed by atoms with Crippen molar-refractivity contribution in [1.29, 1.82) is 0 Å². The number of ether oxygens (including phenoxy) is 2. The molecular weight excluding hydrogens is 766 g/mol. The third-order valence-electron chi connectivity index (χ3n) is 9.62. The largest absolute Gasteiger partial charge is 1.00 e. The summed E-state index contributed by atoms with van der Waals surface area (Å²) in [6.07, 6.45) is 7.20. The van der Waals surface area contributed by atoms with Crippen molar-refractivity contribution in [3.63, 3.8) is 0 Å². The molecule has 3 heterocycles. The van der Waals surface area contributed by atoms with Gasteiger partial charge in [0, 0.05) is 77.9 Å². The van der Waals surface area contributed by atoms with Crippen LogP contribution in [0.1, 0.15) is 43.8 Å². The number of pyridine rings is 1. The number of rotatable bonds is 7. The Morgan fingerprint density at radius 1 is 1.10 bits per heavy atom. The van der Waals surface area contributed by atoms with Gasteiger partial charge in [-0.15, -0.1) is 0 Å². The first-order valence-electron chi connectivity index (χ1n) is 16.1. The van der Waals surface area contributed by atoms with Crippen LogP contribution in [0.15, 0.2) is 83.7 Å². The number of nitrogens with one attached hydrogen (secondary N) is 1. The molecule has 51 heavy (non-hydrogen) atoms. The number of piperidine rings is 1. The van der Waals surface area contributed by atoms with Gasteiger partial charge in [0.1, 0.15) is 5.60 Å². The molecule has 1 saturated heterocycles. The summed E-state index contributed by atoms with van der Waals surface area (Å²) in [7, 11) is 6.07. The predicted octanol–water partition coefficient (Wildman–Crippen LogP) is 4.32. The van der Waals surface area contributed by atoms with E-state index < -0.39 is 11.6 Å². The van der Waals surface area contributed by atoms with E-state index in [0.29, 0.717) is 33.6 Å². The molecule has 1 aliphatic heterocycles. The van der Waals surface area contributed by atoms with Gasteiger partial charge in [-0.05, 0) is 83.7 Å². The number of likely N-dealkylation sites (N-methyl/N-ethyl adjacent to an activating group) is 1. The zero-order valence-electron chi connectivity index (χ0n) is 29.0. The smallest absolute Gasteiger partial charge is 0.545 e. The number of aromatic nitrogens is 2. The Balaban J connectivity index is 0.000000218. The number of likely N-dealkylation sites (tertiary alicyclic amines) is 1. The Morgan fingerprint density at radius 3 is 2.59 bits per heavy atom. The predicted molar refractivity (Wildman–Crippen MR) is 197 cm³/mol. The molecule has 3 unspecified atom stereocenters. The number of aryl methyl sites for hydroxylation is 2. The number of nitrogens with zero attached hydrogens (tertiary/aromatic N) is 3. The molecule has 1 N–H and O–H groups in total. The van der Waals surface area contributed by atoms with Crippen molar-refractivity contribution in [1.82, 2.24) is 14.5 Å². The van der Waals surface area contributed by atoms with Crippen molar-refractivity contribution in [3.05, 3.63) is 122 Å². The van der Waals surface area contributed by atoms with Gasteiger partial charge in [0.2, 0.25) is 0 Å². The molecule has 3 aromatic carbocycles. The molecule has 0 radical (unpaired) electrons. The minimum Gasteiger partial charge on any atom is -0.545 e. The molecule has 260 valence electrons. The van der Waals surface area contributed by atoms with Crippen molar-refractivity contribution in [2.75, 3.05) is 32.6 Å². The summed E-state index contributed by atoms with van der Waals surface area (Å²) in [5.41, 5.74) is 5.66. The van der Waals surface area contributed by atoms with Gasteiger partial charge in [-0.25, -0.2) is 4.79 Å². The summed E-state index contributed by atoms with van der Waals surface area (Å²) >= 11 is 15.6. The number of esters is 1. The number of hydrogen-bond acceptors (Lipinski definition) is 8. The fourth-order valence-corrected chi connectivity index (χ4v) is 8.13. The number of methoxy groups -OCH3 is 1. The van der Waals surface area contributed by atoms with Crippen LogP contribution in [0.2, 0.25) is 10.0 Å². The van der Waals surface area contributed by atoms with Gasteiger partial charge < -0.3 is 29.3 Å². The summed E-state index contributed by atoms with van der Waals surface area (Å²) in [4.78, 5) is 30.0. The van der Waals surface area contributed by atoms with E-state index in [1.807, 2.05) is 14.0 Å². The first-order chi connectivity index (χ1) is 23.9. The number of fused-ring (bicyclic) bond motifs is 2. The van der Waals surface area contributed by atoms with Crippen molar-refractivity contribution in [2.45, 2.75) is 31.4 Å². The molecular formula is C38H36BrCl2N4NaO5. The second-order valence-corrected chi connectivity index (χ2v) is 14.5. The standard InChI is InChI=1S/C24H26BrN3O3.C14H11Cl2NO2.Na/c1-27-13-17-8-21-24(30-3,19-5-4-6-20(27)22(17)19)9-15(12-28(21)2)14-31-23(29)16-7-18(25)11-26-10-16;1-8-6-7-10(15)13(12(8)16)17-11-5-3-2-4-9(11)14(18)19;/h4-7,10-11,13,15,21H,8-9,12,14H2,1-3H3;2-7,17H,1H3,(H,18,19);/q;;+1/p-1. The molecule has 1 fully saturated rings. The Bertz CT molecular complexity index is 2100. The van der Waals surface area contributed by atoms with Crippen LogP contribution in [0.25, 0.3) is 10.9 Å². The number of anilines is 2. The fraction of sp³-hybridized carbons (Fsp3) is 0.289. The minimum absolute atomic E-state index is 0. The van der Waals surface area contributed by atoms with Gasteiger partial charge in [-0.3, -0.25) is 9.88 Å². The van der Waals surface area contributed by atoms with Gasteiger partial charge >= 0.3 is 35.5 Å². The third-order valence-corrected chi connectivity index (χ3v) is 10.9. The molecule has 0 amide bonds. The Labute approximate surface area is 337 Å². The number of para-hydroxylation sites is 1. The van der Waals surface area contributed by atoms with Crippen LogP contribution in [0.4, 0.5) is 11.4 Å². The maximum absolute atomic E-state index is 12.5. The van der Waals surface area contributed by atoms with E-state index in [0.717, 1.165) is 29.4 Å².